The molecular weight excluding hydrogens is 184 g/mol. The Balaban J connectivity index is 0. The first-order valence-electron chi connectivity index (χ1n) is 5.36. The van der Waals surface area contributed by atoms with E-state index < -0.39 is 0 Å². The number of aryl methyl sites for hydroxylation is 1. The fourth-order valence-corrected chi connectivity index (χ4v) is 1.05. The molecule has 1 rings (SSSR count). The van der Waals surface area contributed by atoms with E-state index in [0.29, 0.717) is 0 Å². The van der Waals surface area contributed by atoms with Crippen molar-refractivity contribution in [3.63, 3.8) is 0 Å². The Morgan fingerprint density at radius 1 is 0.933 bits per heavy atom. The molecule has 0 radical (unpaired) electrons. The molecule has 0 amide bonds. The summed E-state index contributed by atoms with van der Waals surface area (Å²) in [7, 11) is 0. The molecule has 0 aromatic heterocycles. The van der Waals surface area contributed by atoms with Crippen molar-refractivity contribution in [2.45, 2.75) is 47.0 Å². The lowest BCUT2D eigenvalue weighted by molar-refractivity contribution is -0.0979. The third kappa shape index (κ3) is 6.89. The molecule has 86 valence electrons. The van der Waals surface area contributed by atoms with Crippen molar-refractivity contribution in [1.82, 2.24) is 0 Å². The van der Waals surface area contributed by atoms with Crippen molar-refractivity contribution in [1.29, 1.82) is 0 Å². The molecule has 0 aliphatic rings. The number of rotatable bonds is 0. The number of carbonyl (C=O) groups is 1. The molecule has 0 N–H and O–H groups in total. The van der Waals surface area contributed by atoms with E-state index >= 15 is 0 Å². The highest BCUT2D eigenvalue weighted by atomic mass is 16.1. The van der Waals surface area contributed by atoms with Gasteiger partial charge in [-0.2, -0.15) is 0 Å². The smallest absolute Gasteiger partial charge is 0.106 e. The minimum absolute atomic E-state index is 0.285. The maximum atomic E-state index is 8.00. The maximum Gasteiger partial charge on any atom is 0.106 e. The Bertz CT molecular complexity index is 241. The average molecular weight is 208 g/mol. The van der Waals surface area contributed by atoms with Crippen molar-refractivity contribution >= 4 is 6.79 Å². The van der Waals surface area contributed by atoms with E-state index in [0.717, 1.165) is 0 Å². The topological polar surface area (TPSA) is 17.1 Å². The van der Waals surface area contributed by atoms with Gasteiger partial charge in [0.1, 0.15) is 6.79 Å². The van der Waals surface area contributed by atoms with Gasteiger partial charge in [-0.25, -0.2) is 0 Å². The fraction of sp³-hybridized carbons (Fsp3) is 0.500. The molecule has 0 heterocycles. The summed E-state index contributed by atoms with van der Waals surface area (Å²) in [6, 6.07) is 8.74. The Morgan fingerprint density at radius 3 is 1.53 bits per heavy atom. The minimum atomic E-state index is 0.285. The highest BCUT2D eigenvalue weighted by Crippen LogP contribution is 2.21. The molecule has 0 saturated heterocycles. The largest absolute Gasteiger partial charge is 0.307 e. The summed E-state index contributed by atoms with van der Waals surface area (Å²) in [6.07, 6.45) is 0. The Hall–Kier alpha value is -1.11. The van der Waals surface area contributed by atoms with Gasteiger partial charge >= 0.3 is 0 Å². The number of hydrogen-bond acceptors (Lipinski definition) is 1. The van der Waals surface area contributed by atoms with Crippen LogP contribution in [0.2, 0.25) is 0 Å². The number of benzene rings is 1. The first-order chi connectivity index (χ1) is 7.00. The average Bonchev–Trinajstić information content (AvgIpc) is 2.23. The summed E-state index contributed by atoms with van der Waals surface area (Å²) >= 11 is 0. The fourth-order valence-electron chi connectivity index (χ4n) is 1.05. The molecule has 0 spiro atoms. The van der Waals surface area contributed by atoms with E-state index in [-0.39, 0.29) is 5.41 Å². The second kappa shape index (κ2) is 8.22. The van der Waals surface area contributed by atoms with E-state index in [2.05, 4.69) is 52.0 Å². The zero-order valence-electron chi connectivity index (χ0n) is 10.9. The molecule has 0 saturated carbocycles. The molecule has 15 heavy (non-hydrogen) atoms. The van der Waals surface area contributed by atoms with Gasteiger partial charge in [-0.15, -0.1) is 0 Å². The van der Waals surface area contributed by atoms with Gasteiger partial charge in [-0.1, -0.05) is 64.4 Å². The van der Waals surface area contributed by atoms with Crippen LogP contribution in [-0.4, -0.2) is 6.79 Å². The van der Waals surface area contributed by atoms with Crippen LogP contribution in [0.4, 0.5) is 0 Å². The molecule has 1 aromatic carbocycles. The second-order valence-electron chi connectivity index (χ2n) is 4.12. The number of hydrogen-bond donors (Lipinski definition) is 0. The quantitative estimate of drug-likeness (QED) is 0.626. The highest BCUT2D eigenvalue weighted by Gasteiger charge is 2.11. The van der Waals surface area contributed by atoms with Gasteiger partial charge in [0, 0.05) is 0 Å². The predicted molar refractivity (Wildman–Crippen MR) is 68.3 cm³/mol. The van der Waals surface area contributed by atoms with Gasteiger partial charge < -0.3 is 4.79 Å². The highest BCUT2D eigenvalue weighted by molar-refractivity contribution is 5.26. The predicted octanol–water partition coefficient (Wildman–Crippen LogP) is 4.13. The van der Waals surface area contributed by atoms with Crippen molar-refractivity contribution in [3.8, 4) is 0 Å². The van der Waals surface area contributed by atoms with Crippen LogP contribution in [0.1, 0.15) is 45.7 Å². The van der Waals surface area contributed by atoms with Crippen LogP contribution in [0.5, 0.6) is 0 Å². The zero-order valence-corrected chi connectivity index (χ0v) is 10.9. The van der Waals surface area contributed by atoms with E-state index in [1.54, 1.807) is 0 Å². The first-order valence-corrected chi connectivity index (χ1v) is 5.36. The maximum absolute atomic E-state index is 8.00. The van der Waals surface area contributed by atoms with Crippen LogP contribution in [0.3, 0.4) is 0 Å². The molecular formula is C14H24O. The lowest BCUT2D eigenvalue weighted by Crippen LogP contribution is -2.10. The standard InChI is InChI=1S/C11H16.C2H6.CH2O/c1-9-5-7-10(8-6-9)11(2,3)4;2*1-2/h5-8H,1-4H3;1-2H3;1H2. The molecule has 0 unspecified atom stereocenters. The summed E-state index contributed by atoms with van der Waals surface area (Å²) in [5.41, 5.74) is 3.02. The van der Waals surface area contributed by atoms with Crippen LogP contribution in [0.15, 0.2) is 24.3 Å². The summed E-state index contributed by atoms with van der Waals surface area (Å²) in [5, 5.41) is 0. The van der Waals surface area contributed by atoms with Gasteiger partial charge in [-0.3, -0.25) is 0 Å². The summed E-state index contributed by atoms with van der Waals surface area (Å²) < 4.78 is 0. The number of carbonyl (C=O) groups excluding carboxylic acids is 1. The first kappa shape index (κ1) is 16.3. The summed E-state index contributed by atoms with van der Waals surface area (Å²) in [6.45, 7) is 14.8. The second-order valence-corrected chi connectivity index (χ2v) is 4.12. The Morgan fingerprint density at radius 2 is 1.27 bits per heavy atom. The van der Waals surface area contributed by atoms with Crippen molar-refractivity contribution in [2.24, 2.45) is 0 Å². The molecule has 0 atom stereocenters. The van der Waals surface area contributed by atoms with Crippen LogP contribution < -0.4 is 0 Å². The SMILES string of the molecule is C=O.CC.Cc1ccc(C(C)(C)C)cc1. The molecule has 0 aliphatic carbocycles. The lowest BCUT2D eigenvalue weighted by atomic mass is 9.87. The summed E-state index contributed by atoms with van der Waals surface area (Å²) in [4.78, 5) is 8.00. The van der Waals surface area contributed by atoms with E-state index in [1.165, 1.54) is 11.1 Å². The van der Waals surface area contributed by atoms with Gasteiger partial charge in [0.15, 0.2) is 0 Å². The third-order valence-corrected chi connectivity index (χ3v) is 1.92. The van der Waals surface area contributed by atoms with E-state index in [4.69, 9.17) is 4.79 Å². The lowest BCUT2D eigenvalue weighted by Gasteiger charge is -2.18. The van der Waals surface area contributed by atoms with Crippen LogP contribution in [-0.2, 0) is 10.2 Å². The van der Waals surface area contributed by atoms with Crippen LogP contribution >= 0.6 is 0 Å². The Labute approximate surface area is 94.5 Å². The molecule has 1 heteroatoms. The Kier molecular flexibility index (Phi) is 8.94. The van der Waals surface area contributed by atoms with Gasteiger partial charge in [-0.05, 0) is 17.9 Å². The molecule has 0 fully saturated rings. The van der Waals surface area contributed by atoms with Crippen molar-refractivity contribution in [2.75, 3.05) is 0 Å². The van der Waals surface area contributed by atoms with E-state index in [1.807, 2.05) is 20.6 Å². The monoisotopic (exact) mass is 208 g/mol. The molecule has 0 aliphatic heterocycles. The van der Waals surface area contributed by atoms with Gasteiger partial charge in [0.05, 0.1) is 0 Å². The van der Waals surface area contributed by atoms with Gasteiger partial charge in [0.2, 0.25) is 0 Å². The van der Waals surface area contributed by atoms with Crippen molar-refractivity contribution in [3.05, 3.63) is 35.4 Å². The van der Waals surface area contributed by atoms with E-state index in [9.17, 15) is 0 Å². The normalized spacial score (nSPS) is 9.20. The minimum Gasteiger partial charge on any atom is -0.307 e. The van der Waals surface area contributed by atoms with Crippen LogP contribution in [0.25, 0.3) is 0 Å². The zero-order chi connectivity index (χ0) is 12.5. The van der Waals surface area contributed by atoms with Crippen LogP contribution in [0, 0.1) is 6.92 Å². The molecule has 1 aromatic rings. The van der Waals surface area contributed by atoms with Gasteiger partial charge in [0.25, 0.3) is 0 Å². The molecule has 1 nitrogen and oxygen atoms in total. The van der Waals surface area contributed by atoms with Crippen molar-refractivity contribution < 1.29 is 4.79 Å². The molecule has 0 bridgehead atoms. The third-order valence-electron chi connectivity index (χ3n) is 1.92. The summed E-state index contributed by atoms with van der Waals surface area (Å²) in [5.74, 6) is 0.